The molecule has 0 radical (unpaired) electrons. The van der Waals surface area contributed by atoms with Crippen LogP contribution in [0.4, 0.5) is 0 Å². The molecule has 9 nitrogen and oxygen atoms in total. The first-order valence-electron chi connectivity index (χ1n) is 8.68. The van der Waals surface area contributed by atoms with Gasteiger partial charge in [0.1, 0.15) is 5.75 Å². The molecule has 0 spiro atoms. The Kier molecular flexibility index (Phi) is 5.43. The maximum absolute atomic E-state index is 12.4. The number of fused-ring (bicyclic) bond motifs is 1. The molecule has 144 valence electrons. The summed E-state index contributed by atoms with van der Waals surface area (Å²) in [6, 6.07) is 6.53. The molecule has 27 heavy (non-hydrogen) atoms. The Balaban J connectivity index is 1.59. The van der Waals surface area contributed by atoms with Crippen LogP contribution in [0.3, 0.4) is 0 Å². The van der Waals surface area contributed by atoms with Crippen LogP contribution in [0.15, 0.2) is 40.2 Å². The van der Waals surface area contributed by atoms with Gasteiger partial charge in [-0.15, -0.1) is 0 Å². The first-order chi connectivity index (χ1) is 12.9. The average Bonchev–Trinajstić information content (AvgIpc) is 3.08. The van der Waals surface area contributed by atoms with Gasteiger partial charge in [0.25, 0.3) is 5.56 Å². The molecule has 1 aromatic carbocycles. The van der Waals surface area contributed by atoms with Crippen LogP contribution >= 0.6 is 0 Å². The van der Waals surface area contributed by atoms with E-state index in [2.05, 4.69) is 10.3 Å². The van der Waals surface area contributed by atoms with Gasteiger partial charge >= 0.3 is 5.69 Å². The predicted molar refractivity (Wildman–Crippen MR) is 101 cm³/mol. The number of hydrogen-bond acceptors (Lipinski definition) is 6. The zero-order valence-corrected chi connectivity index (χ0v) is 15.3. The maximum Gasteiger partial charge on any atom is 0.332 e. The summed E-state index contributed by atoms with van der Waals surface area (Å²) in [5.74, 6) is 0.120. The van der Waals surface area contributed by atoms with Gasteiger partial charge in [-0.3, -0.25) is 13.9 Å². The van der Waals surface area contributed by atoms with E-state index in [0.29, 0.717) is 42.8 Å². The van der Waals surface area contributed by atoms with Crippen LogP contribution in [0.5, 0.6) is 5.75 Å². The van der Waals surface area contributed by atoms with Crippen molar-refractivity contribution in [3.05, 3.63) is 57.0 Å². The van der Waals surface area contributed by atoms with Gasteiger partial charge < -0.3 is 20.1 Å². The maximum atomic E-state index is 12.4. The highest BCUT2D eigenvalue weighted by Gasteiger charge is 2.14. The molecule has 0 saturated heterocycles. The van der Waals surface area contributed by atoms with Gasteiger partial charge in [0, 0.05) is 27.2 Å². The van der Waals surface area contributed by atoms with Gasteiger partial charge in [-0.1, -0.05) is 12.1 Å². The highest BCUT2D eigenvalue weighted by molar-refractivity contribution is 5.69. The number of aromatic hydroxyl groups is 1. The van der Waals surface area contributed by atoms with E-state index in [1.165, 1.54) is 17.7 Å². The van der Waals surface area contributed by atoms with Gasteiger partial charge in [-0.2, -0.15) is 0 Å². The lowest BCUT2D eigenvalue weighted by molar-refractivity contribution is 0.174. The normalized spacial score (nSPS) is 12.6. The van der Waals surface area contributed by atoms with Crippen LogP contribution in [-0.4, -0.2) is 42.0 Å². The monoisotopic (exact) mass is 373 g/mol. The van der Waals surface area contributed by atoms with E-state index < -0.39 is 11.8 Å². The van der Waals surface area contributed by atoms with Crippen LogP contribution < -0.4 is 16.6 Å². The number of aliphatic hydroxyl groups is 1. The Bertz CT molecular complexity index is 1070. The van der Waals surface area contributed by atoms with E-state index in [-0.39, 0.29) is 11.3 Å². The van der Waals surface area contributed by atoms with Crippen LogP contribution in [0.2, 0.25) is 0 Å². The van der Waals surface area contributed by atoms with Crippen molar-refractivity contribution in [1.29, 1.82) is 0 Å². The topological polar surface area (TPSA) is 114 Å². The Labute approximate surface area is 155 Å². The molecular weight excluding hydrogens is 350 g/mol. The van der Waals surface area contributed by atoms with Gasteiger partial charge in [-0.05, 0) is 30.7 Å². The fourth-order valence-electron chi connectivity index (χ4n) is 3.03. The Morgan fingerprint density at radius 2 is 2.00 bits per heavy atom. The molecule has 0 aliphatic heterocycles. The second-order valence-electron chi connectivity index (χ2n) is 6.48. The predicted octanol–water partition coefficient (Wildman–Crippen LogP) is -0.147. The van der Waals surface area contributed by atoms with Crippen LogP contribution in [-0.2, 0) is 20.6 Å². The lowest BCUT2D eigenvalue weighted by Crippen LogP contribution is -2.37. The molecule has 1 unspecified atom stereocenters. The molecule has 0 saturated carbocycles. The number of hydrogen-bond donors (Lipinski definition) is 3. The minimum atomic E-state index is -0.715. The van der Waals surface area contributed by atoms with E-state index in [0.717, 1.165) is 4.57 Å². The van der Waals surface area contributed by atoms with Crippen molar-refractivity contribution in [2.24, 2.45) is 14.1 Å². The fourth-order valence-corrected chi connectivity index (χ4v) is 3.03. The number of aliphatic hydroxyl groups excluding tert-OH is 1. The number of rotatable bonds is 7. The summed E-state index contributed by atoms with van der Waals surface area (Å²) in [5.41, 5.74) is 0.653. The van der Waals surface area contributed by atoms with E-state index in [4.69, 9.17) is 0 Å². The molecular formula is C18H23N5O4. The summed E-state index contributed by atoms with van der Waals surface area (Å²) in [6.07, 6.45) is 1.56. The lowest BCUT2D eigenvalue weighted by atomic mass is 10.1. The van der Waals surface area contributed by atoms with Crippen LogP contribution in [0.1, 0.15) is 18.1 Å². The molecule has 0 fully saturated rings. The molecule has 9 heteroatoms. The molecule has 3 N–H and O–H groups in total. The first-order valence-corrected chi connectivity index (χ1v) is 8.68. The van der Waals surface area contributed by atoms with Crippen LogP contribution in [0, 0.1) is 0 Å². The van der Waals surface area contributed by atoms with Gasteiger partial charge in [0.05, 0.1) is 12.4 Å². The minimum absolute atomic E-state index is 0.120. The molecule has 0 bridgehead atoms. The fraction of sp³-hybridized carbons (Fsp3) is 0.389. The number of aryl methyl sites for hydroxylation is 2. The standard InChI is InChI=1S/C18H23N5O4/c1-21-16-15(17(26)22(2)18(21)27)23(11-20-16)8-4-7-19-10-14(25)12-5-3-6-13(24)9-12/h3,5-6,9,11,14,19,24-25H,4,7-8,10H2,1-2H3. The lowest BCUT2D eigenvalue weighted by Gasteiger charge is -2.12. The van der Waals surface area contributed by atoms with Crippen molar-refractivity contribution in [2.75, 3.05) is 13.1 Å². The number of nitrogens with zero attached hydrogens (tertiary/aromatic N) is 4. The summed E-state index contributed by atoms with van der Waals surface area (Å²) >= 11 is 0. The molecule has 3 aromatic rings. The summed E-state index contributed by atoms with van der Waals surface area (Å²) in [5, 5.41) is 22.7. The van der Waals surface area contributed by atoms with E-state index in [1.807, 2.05) is 0 Å². The first kappa shape index (κ1) is 18.9. The number of nitrogens with one attached hydrogen (secondary N) is 1. The summed E-state index contributed by atoms with van der Waals surface area (Å²) in [7, 11) is 3.04. The third-order valence-corrected chi connectivity index (χ3v) is 4.56. The van der Waals surface area contributed by atoms with Crippen molar-refractivity contribution in [1.82, 2.24) is 24.0 Å². The zero-order valence-electron chi connectivity index (χ0n) is 15.3. The Hall–Kier alpha value is -2.91. The molecule has 2 heterocycles. The van der Waals surface area contributed by atoms with Gasteiger partial charge in [-0.25, -0.2) is 9.78 Å². The number of imidazole rings is 1. The minimum Gasteiger partial charge on any atom is -0.508 e. The molecule has 0 amide bonds. The van der Waals surface area contributed by atoms with Gasteiger partial charge in [0.2, 0.25) is 0 Å². The van der Waals surface area contributed by atoms with E-state index in [9.17, 15) is 19.8 Å². The molecule has 3 rings (SSSR count). The van der Waals surface area contributed by atoms with E-state index in [1.54, 1.807) is 36.1 Å². The van der Waals surface area contributed by atoms with E-state index >= 15 is 0 Å². The summed E-state index contributed by atoms with van der Waals surface area (Å²) < 4.78 is 4.17. The molecule has 0 aliphatic rings. The zero-order chi connectivity index (χ0) is 19.6. The summed E-state index contributed by atoms with van der Waals surface area (Å²) in [4.78, 5) is 28.5. The SMILES string of the molecule is Cn1c(=O)c2c(ncn2CCCNCC(O)c2cccc(O)c2)n(C)c1=O. The highest BCUT2D eigenvalue weighted by atomic mass is 16.3. The highest BCUT2D eigenvalue weighted by Crippen LogP contribution is 2.17. The molecule has 2 aromatic heterocycles. The van der Waals surface area contributed by atoms with Crippen molar-refractivity contribution >= 4 is 11.2 Å². The molecule has 0 aliphatic carbocycles. The number of benzene rings is 1. The Morgan fingerprint density at radius 1 is 1.22 bits per heavy atom. The van der Waals surface area contributed by atoms with Crippen molar-refractivity contribution in [3.8, 4) is 5.75 Å². The third-order valence-electron chi connectivity index (χ3n) is 4.56. The van der Waals surface area contributed by atoms with Crippen molar-refractivity contribution in [2.45, 2.75) is 19.1 Å². The summed E-state index contributed by atoms with van der Waals surface area (Å²) in [6.45, 7) is 1.53. The number of aromatic nitrogens is 4. The number of phenols is 1. The molecule has 1 atom stereocenters. The number of phenolic OH excluding ortho intramolecular Hbond substituents is 1. The van der Waals surface area contributed by atoms with Gasteiger partial charge in [0.15, 0.2) is 11.2 Å². The quantitative estimate of drug-likeness (QED) is 0.497. The largest absolute Gasteiger partial charge is 0.508 e. The second-order valence-corrected chi connectivity index (χ2v) is 6.48. The Morgan fingerprint density at radius 3 is 2.74 bits per heavy atom. The van der Waals surface area contributed by atoms with Crippen LogP contribution in [0.25, 0.3) is 11.2 Å². The van der Waals surface area contributed by atoms with Crippen molar-refractivity contribution in [3.63, 3.8) is 0 Å². The average molecular weight is 373 g/mol. The smallest absolute Gasteiger partial charge is 0.332 e. The second kappa shape index (κ2) is 7.77. The van der Waals surface area contributed by atoms with Crippen molar-refractivity contribution < 1.29 is 10.2 Å². The third kappa shape index (κ3) is 3.79.